The van der Waals surface area contributed by atoms with Gasteiger partial charge in [0, 0.05) is 23.7 Å². The molecule has 0 spiro atoms. The summed E-state index contributed by atoms with van der Waals surface area (Å²) in [4.78, 5) is 24.3. The Morgan fingerprint density at radius 3 is 2.64 bits per heavy atom. The third-order valence-corrected chi connectivity index (χ3v) is 3.74. The lowest BCUT2D eigenvalue weighted by atomic mass is 10.0. The Morgan fingerprint density at radius 1 is 1.14 bits per heavy atom. The minimum absolute atomic E-state index is 0.299. The molecule has 1 heterocycles. The van der Waals surface area contributed by atoms with Gasteiger partial charge in [-0.1, -0.05) is 43.3 Å². The van der Waals surface area contributed by atoms with E-state index in [0.717, 1.165) is 23.1 Å². The maximum atomic E-state index is 11.9. The minimum atomic E-state index is -0.299. The molecule has 2 aromatic rings. The molecule has 2 aromatic carbocycles. The Labute approximate surface area is 129 Å². The highest BCUT2D eigenvalue weighted by atomic mass is 16.6. The highest BCUT2D eigenvalue weighted by Gasteiger charge is 2.25. The number of anilines is 1. The summed E-state index contributed by atoms with van der Waals surface area (Å²) in [5.41, 5.74) is 3.48. The lowest BCUT2D eigenvalue weighted by molar-refractivity contribution is 0.112. The summed E-state index contributed by atoms with van der Waals surface area (Å²) in [6.07, 6.45) is 0.525. The van der Waals surface area contributed by atoms with E-state index in [0.29, 0.717) is 24.6 Å². The number of rotatable bonds is 3. The predicted octanol–water partition coefficient (Wildman–Crippen LogP) is 3.76. The van der Waals surface area contributed by atoms with E-state index in [2.05, 4.69) is 6.92 Å². The van der Waals surface area contributed by atoms with Crippen LogP contribution in [0.5, 0.6) is 0 Å². The zero-order chi connectivity index (χ0) is 15.5. The Balaban J connectivity index is 1.91. The van der Waals surface area contributed by atoms with Crippen LogP contribution in [0.25, 0.3) is 11.1 Å². The molecule has 0 unspecified atom stereocenters. The van der Waals surface area contributed by atoms with E-state index < -0.39 is 0 Å². The molecule has 1 aliphatic heterocycles. The van der Waals surface area contributed by atoms with Crippen LogP contribution in [-0.2, 0) is 4.74 Å². The van der Waals surface area contributed by atoms with Gasteiger partial charge in [0.2, 0.25) is 0 Å². The summed E-state index contributed by atoms with van der Waals surface area (Å²) in [6, 6.07) is 15.2. The first kappa shape index (κ1) is 14.3. The smallest absolute Gasteiger partial charge is 0.414 e. The number of benzene rings is 2. The first-order valence-corrected chi connectivity index (χ1v) is 7.27. The third kappa shape index (κ3) is 2.86. The number of aldehydes is 1. The molecule has 0 aliphatic carbocycles. The maximum absolute atomic E-state index is 11.9. The average Bonchev–Trinajstić information content (AvgIpc) is 2.57. The van der Waals surface area contributed by atoms with Gasteiger partial charge >= 0.3 is 6.09 Å². The van der Waals surface area contributed by atoms with Gasteiger partial charge in [0.05, 0.1) is 6.61 Å². The molecule has 1 fully saturated rings. The van der Waals surface area contributed by atoms with Crippen LogP contribution >= 0.6 is 0 Å². The Bertz CT molecular complexity index is 694. The zero-order valence-corrected chi connectivity index (χ0v) is 12.4. The number of carbonyl (C=O) groups is 2. The highest BCUT2D eigenvalue weighted by Crippen LogP contribution is 2.27. The van der Waals surface area contributed by atoms with E-state index in [4.69, 9.17) is 4.74 Å². The van der Waals surface area contributed by atoms with Crippen LogP contribution in [0.4, 0.5) is 10.5 Å². The minimum Gasteiger partial charge on any atom is -0.449 e. The van der Waals surface area contributed by atoms with Crippen molar-refractivity contribution in [3.8, 4) is 11.1 Å². The lowest BCUT2D eigenvalue weighted by Gasteiger charge is -2.30. The van der Waals surface area contributed by atoms with Gasteiger partial charge in [-0.05, 0) is 23.3 Å². The molecular weight excluding hydrogens is 278 g/mol. The van der Waals surface area contributed by atoms with E-state index >= 15 is 0 Å². The average molecular weight is 295 g/mol. The molecule has 0 bridgehead atoms. The van der Waals surface area contributed by atoms with E-state index in [9.17, 15) is 9.59 Å². The molecule has 4 nitrogen and oxygen atoms in total. The van der Waals surface area contributed by atoms with Crippen LogP contribution in [0.15, 0.2) is 48.5 Å². The Morgan fingerprint density at radius 2 is 1.91 bits per heavy atom. The van der Waals surface area contributed by atoms with Crippen LogP contribution in [0.1, 0.15) is 17.3 Å². The maximum Gasteiger partial charge on any atom is 0.414 e. The summed E-state index contributed by atoms with van der Waals surface area (Å²) < 4.78 is 5.18. The van der Waals surface area contributed by atoms with Crippen molar-refractivity contribution in [2.24, 2.45) is 5.92 Å². The van der Waals surface area contributed by atoms with Gasteiger partial charge in [0.15, 0.2) is 0 Å². The molecule has 1 amide bonds. The zero-order valence-electron chi connectivity index (χ0n) is 12.4. The molecule has 112 valence electrons. The molecule has 0 N–H and O–H groups in total. The quantitative estimate of drug-likeness (QED) is 0.810. The molecule has 1 saturated heterocycles. The largest absolute Gasteiger partial charge is 0.449 e. The fourth-order valence-corrected chi connectivity index (χ4v) is 2.55. The molecular formula is C18H17NO3. The number of amides is 1. The lowest BCUT2D eigenvalue weighted by Crippen LogP contribution is -2.42. The second-order valence-corrected chi connectivity index (χ2v) is 5.58. The number of hydrogen-bond donors (Lipinski definition) is 0. The van der Waals surface area contributed by atoms with Crippen LogP contribution in [0.2, 0.25) is 0 Å². The second-order valence-electron chi connectivity index (χ2n) is 5.58. The van der Waals surface area contributed by atoms with E-state index in [1.54, 1.807) is 17.0 Å². The van der Waals surface area contributed by atoms with Gasteiger partial charge in [-0.2, -0.15) is 0 Å². The Hall–Kier alpha value is -2.62. The monoisotopic (exact) mass is 295 g/mol. The third-order valence-electron chi connectivity index (χ3n) is 3.74. The number of hydrogen-bond acceptors (Lipinski definition) is 3. The van der Waals surface area contributed by atoms with Gasteiger partial charge < -0.3 is 4.74 Å². The van der Waals surface area contributed by atoms with Crippen LogP contribution in [0.3, 0.4) is 0 Å². The van der Waals surface area contributed by atoms with Gasteiger partial charge in [0.1, 0.15) is 6.29 Å². The summed E-state index contributed by atoms with van der Waals surface area (Å²) in [5, 5.41) is 0. The number of ether oxygens (including phenoxy) is 1. The topological polar surface area (TPSA) is 46.6 Å². The molecule has 0 radical (unpaired) electrons. The van der Waals surface area contributed by atoms with Gasteiger partial charge in [-0.3, -0.25) is 9.69 Å². The molecule has 1 atom stereocenters. The normalized spacial score (nSPS) is 18.0. The first-order valence-electron chi connectivity index (χ1n) is 7.27. The van der Waals surface area contributed by atoms with Crippen LogP contribution in [0, 0.1) is 5.92 Å². The first-order chi connectivity index (χ1) is 10.7. The molecule has 22 heavy (non-hydrogen) atoms. The summed E-state index contributed by atoms with van der Waals surface area (Å²) >= 11 is 0. The summed E-state index contributed by atoms with van der Waals surface area (Å²) in [5.74, 6) is 0.313. The van der Waals surface area contributed by atoms with E-state index in [1.807, 2.05) is 36.4 Å². The van der Waals surface area contributed by atoms with E-state index in [1.165, 1.54) is 0 Å². The van der Waals surface area contributed by atoms with Crippen LogP contribution in [-0.4, -0.2) is 25.5 Å². The fourth-order valence-electron chi connectivity index (χ4n) is 2.55. The van der Waals surface area contributed by atoms with Crippen molar-refractivity contribution in [1.82, 2.24) is 0 Å². The van der Waals surface area contributed by atoms with E-state index in [-0.39, 0.29) is 6.09 Å². The molecule has 0 aromatic heterocycles. The van der Waals surface area contributed by atoms with Gasteiger partial charge in [0.25, 0.3) is 0 Å². The molecule has 1 aliphatic rings. The predicted molar refractivity (Wildman–Crippen MR) is 85.1 cm³/mol. The van der Waals surface area contributed by atoms with Crippen molar-refractivity contribution in [3.05, 3.63) is 54.1 Å². The van der Waals surface area contributed by atoms with Crippen LogP contribution < -0.4 is 4.90 Å². The number of carbonyl (C=O) groups excluding carboxylic acids is 2. The van der Waals surface area contributed by atoms with Crippen molar-refractivity contribution in [3.63, 3.8) is 0 Å². The standard InChI is InChI=1S/C18H17NO3/c1-13-10-19(18(21)22-12-13)17-4-2-3-16(9-17)15-7-5-14(11-20)6-8-15/h2-9,11,13H,10,12H2,1H3/t13-/m1/s1. The Kier molecular flexibility index (Phi) is 3.92. The highest BCUT2D eigenvalue weighted by molar-refractivity contribution is 5.89. The van der Waals surface area contributed by atoms with Gasteiger partial charge in [-0.15, -0.1) is 0 Å². The molecule has 4 heteroatoms. The fraction of sp³-hybridized carbons (Fsp3) is 0.222. The van der Waals surface area contributed by atoms with Crippen molar-refractivity contribution in [2.75, 3.05) is 18.1 Å². The van der Waals surface area contributed by atoms with Crippen molar-refractivity contribution in [1.29, 1.82) is 0 Å². The number of cyclic esters (lactones) is 1. The number of nitrogens with zero attached hydrogens (tertiary/aromatic N) is 1. The molecule has 0 saturated carbocycles. The van der Waals surface area contributed by atoms with Crippen molar-refractivity contribution < 1.29 is 14.3 Å². The summed E-state index contributed by atoms with van der Waals surface area (Å²) in [6.45, 7) is 3.19. The SMILES string of the molecule is C[C@H]1COC(=O)N(c2cccc(-c3ccc(C=O)cc3)c2)C1. The van der Waals surface area contributed by atoms with Crippen molar-refractivity contribution >= 4 is 18.1 Å². The van der Waals surface area contributed by atoms with Crippen molar-refractivity contribution in [2.45, 2.75) is 6.92 Å². The van der Waals surface area contributed by atoms with Gasteiger partial charge in [-0.25, -0.2) is 4.79 Å². The summed E-state index contributed by atoms with van der Waals surface area (Å²) in [7, 11) is 0. The second kappa shape index (κ2) is 6.02. The molecule has 3 rings (SSSR count).